The van der Waals surface area contributed by atoms with Crippen LogP contribution >= 0.6 is 11.8 Å². The zero-order chi connectivity index (χ0) is 15.8. The molecule has 0 aliphatic rings. The van der Waals surface area contributed by atoms with Crippen LogP contribution in [0.5, 0.6) is 0 Å². The van der Waals surface area contributed by atoms with Crippen molar-refractivity contribution in [3.05, 3.63) is 0 Å². The second kappa shape index (κ2) is 11.4. The Morgan fingerprint density at radius 1 is 1.33 bits per heavy atom. The molecule has 0 aromatic rings. The van der Waals surface area contributed by atoms with Gasteiger partial charge in [0.05, 0.1) is 28.6 Å². The summed E-state index contributed by atoms with van der Waals surface area (Å²) in [6.07, 6.45) is -0.00301. The summed E-state index contributed by atoms with van der Waals surface area (Å²) in [5.74, 6) is -1.15. The molecule has 0 unspecified atom stereocenters. The second-order valence-electron chi connectivity index (χ2n) is 4.83. The van der Waals surface area contributed by atoms with Crippen molar-refractivity contribution in [3.8, 4) is 0 Å². The molecule has 0 bridgehead atoms. The van der Waals surface area contributed by atoms with Crippen molar-refractivity contribution in [2.75, 3.05) is 23.9 Å². The Balaban J connectivity index is 0. The van der Waals surface area contributed by atoms with Gasteiger partial charge < -0.3 is 14.4 Å². The molecule has 7 nitrogen and oxygen atoms in total. The molecule has 0 aliphatic carbocycles. The van der Waals surface area contributed by atoms with Crippen molar-refractivity contribution in [2.24, 2.45) is 5.41 Å². The van der Waals surface area contributed by atoms with Gasteiger partial charge in [-0.25, -0.2) is 8.42 Å². The summed E-state index contributed by atoms with van der Waals surface area (Å²) in [4.78, 5) is 22.1. The summed E-state index contributed by atoms with van der Waals surface area (Å²) in [5, 5.41) is 8.48. The van der Waals surface area contributed by atoms with Crippen LogP contribution in [0.25, 0.3) is 0 Å². The van der Waals surface area contributed by atoms with Gasteiger partial charge >= 0.3 is 63.3 Å². The van der Waals surface area contributed by atoms with Crippen molar-refractivity contribution in [1.82, 2.24) is 0 Å². The van der Waals surface area contributed by atoms with Crippen molar-refractivity contribution >= 4 is 33.8 Å². The first-order valence-corrected chi connectivity index (χ1v) is 8.68. The summed E-state index contributed by atoms with van der Waals surface area (Å²) in [6, 6.07) is 0. The first kappa shape index (κ1) is 24.1. The number of carbonyl (C=O) groups excluding carboxylic acids is 1. The molecule has 0 rings (SSSR count). The van der Waals surface area contributed by atoms with Crippen LogP contribution in [0.4, 0.5) is 0 Å². The Morgan fingerprint density at radius 2 is 1.90 bits per heavy atom. The number of thioether (sulfide) groups is 1. The van der Waals surface area contributed by atoms with Gasteiger partial charge in [-0.15, -0.1) is 0 Å². The first-order chi connectivity index (χ1) is 9.04. The number of carboxylic acids is 1. The molecule has 0 atom stereocenters. The fourth-order valence-corrected chi connectivity index (χ4v) is 2.70. The molecule has 0 aromatic carbocycles. The standard InChI is InChI=1S/C11H20O7S2.K/c1-11(2,8-19-6-4-9(12)13)10(14)18-5-3-7-20(15,16)17;/h3-8H2,1-2H3,(H,12,13)(H,15,16,17);/q;+1/p-1. The third-order valence-electron chi connectivity index (χ3n) is 2.25. The van der Waals surface area contributed by atoms with E-state index in [0.29, 0.717) is 11.5 Å². The Morgan fingerprint density at radius 3 is 2.38 bits per heavy atom. The molecule has 0 amide bonds. The summed E-state index contributed by atoms with van der Waals surface area (Å²) in [7, 11) is -4.28. The second-order valence-corrected chi connectivity index (χ2v) is 7.46. The largest absolute Gasteiger partial charge is 1.00 e. The van der Waals surface area contributed by atoms with Gasteiger partial charge in [0, 0.05) is 17.3 Å². The average molecular weight is 366 g/mol. The minimum atomic E-state index is -4.28. The molecule has 10 heteroatoms. The van der Waals surface area contributed by atoms with Crippen LogP contribution in [-0.4, -0.2) is 53.9 Å². The quantitative estimate of drug-likeness (QED) is 0.198. The fourth-order valence-electron chi connectivity index (χ4n) is 1.14. The first-order valence-electron chi connectivity index (χ1n) is 5.95. The van der Waals surface area contributed by atoms with Crippen LogP contribution in [0.3, 0.4) is 0 Å². The maximum absolute atomic E-state index is 11.7. The third kappa shape index (κ3) is 14.2. The molecule has 118 valence electrons. The predicted octanol–water partition coefficient (Wildman–Crippen LogP) is -2.30. The monoisotopic (exact) mass is 366 g/mol. The summed E-state index contributed by atoms with van der Waals surface area (Å²) < 4.78 is 36.0. The van der Waals surface area contributed by atoms with Crippen molar-refractivity contribution in [2.45, 2.75) is 26.7 Å². The van der Waals surface area contributed by atoms with Gasteiger partial charge in [0.25, 0.3) is 0 Å². The van der Waals surface area contributed by atoms with Gasteiger partial charge in [0.15, 0.2) is 0 Å². The number of esters is 1. The van der Waals surface area contributed by atoms with E-state index in [1.807, 2.05) is 0 Å². The Labute approximate surface area is 171 Å². The fraction of sp³-hybridized carbons (Fsp3) is 0.818. The minimum absolute atomic E-state index is 0. The van der Waals surface area contributed by atoms with E-state index in [1.54, 1.807) is 13.8 Å². The third-order valence-corrected chi connectivity index (χ3v) is 4.45. The number of ether oxygens (including phenoxy) is 1. The molecule has 0 aromatic heterocycles. The molecular weight excluding hydrogens is 347 g/mol. The molecule has 0 saturated carbocycles. The zero-order valence-corrected chi connectivity index (χ0v) is 17.2. The number of aliphatic carboxylic acids is 1. The molecule has 0 radical (unpaired) electrons. The summed E-state index contributed by atoms with van der Waals surface area (Å²) in [6.45, 7) is 3.20. The normalized spacial score (nSPS) is 11.6. The smallest absolute Gasteiger partial charge is 0.748 e. The molecule has 0 saturated heterocycles. The number of carboxylic acid groups (broad SMARTS) is 1. The van der Waals surface area contributed by atoms with Crippen molar-refractivity contribution in [3.63, 3.8) is 0 Å². The van der Waals surface area contributed by atoms with Crippen molar-refractivity contribution in [1.29, 1.82) is 0 Å². The van der Waals surface area contributed by atoms with Crippen LogP contribution in [0.1, 0.15) is 26.7 Å². The Hall–Kier alpha value is 0.836. The van der Waals surface area contributed by atoms with Crippen molar-refractivity contribution < 1.29 is 83.8 Å². The van der Waals surface area contributed by atoms with Gasteiger partial charge in [-0.3, -0.25) is 9.59 Å². The molecule has 0 spiro atoms. The van der Waals surface area contributed by atoms with Crippen LogP contribution in [0.2, 0.25) is 0 Å². The van der Waals surface area contributed by atoms with E-state index < -0.39 is 33.2 Å². The van der Waals surface area contributed by atoms with E-state index in [9.17, 15) is 22.6 Å². The SMILES string of the molecule is CC(C)(CSCCC(=O)O)C(=O)OCCCS(=O)(=O)[O-].[K+]. The van der Waals surface area contributed by atoms with Gasteiger partial charge in [0.1, 0.15) is 0 Å². The minimum Gasteiger partial charge on any atom is -0.748 e. The van der Waals surface area contributed by atoms with Crippen LogP contribution in [-0.2, 0) is 24.4 Å². The number of hydrogen-bond acceptors (Lipinski definition) is 7. The summed E-state index contributed by atoms with van der Waals surface area (Å²) in [5.41, 5.74) is -0.792. The Kier molecular flexibility index (Phi) is 13.1. The van der Waals surface area contributed by atoms with Crippen LogP contribution < -0.4 is 51.4 Å². The molecule has 0 fully saturated rings. The maximum Gasteiger partial charge on any atom is 1.00 e. The number of carbonyl (C=O) groups is 2. The van der Waals surface area contributed by atoms with E-state index in [1.165, 1.54) is 11.8 Å². The van der Waals surface area contributed by atoms with Gasteiger partial charge in [-0.1, -0.05) is 0 Å². The maximum atomic E-state index is 11.7. The summed E-state index contributed by atoms with van der Waals surface area (Å²) >= 11 is 1.33. The zero-order valence-electron chi connectivity index (χ0n) is 12.5. The number of rotatable bonds is 10. The molecule has 21 heavy (non-hydrogen) atoms. The van der Waals surface area contributed by atoms with E-state index in [-0.39, 0.29) is 70.8 Å². The topological polar surface area (TPSA) is 121 Å². The van der Waals surface area contributed by atoms with Crippen LogP contribution in [0.15, 0.2) is 0 Å². The van der Waals surface area contributed by atoms with E-state index in [2.05, 4.69) is 0 Å². The van der Waals surface area contributed by atoms with E-state index in [0.717, 1.165) is 0 Å². The molecule has 0 aliphatic heterocycles. The average Bonchev–Trinajstić information content (AvgIpc) is 2.28. The molecular formula is C11H19KO7S2. The van der Waals surface area contributed by atoms with Gasteiger partial charge in [-0.05, 0) is 20.3 Å². The van der Waals surface area contributed by atoms with Gasteiger partial charge in [0.2, 0.25) is 0 Å². The van der Waals surface area contributed by atoms with Crippen LogP contribution in [0, 0.1) is 5.41 Å². The molecule has 0 heterocycles. The van der Waals surface area contributed by atoms with Gasteiger partial charge in [-0.2, -0.15) is 11.8 Å². The molecule has 1 N–H and O–H groups in total. The number of hydrogen-bond donors (Lipinski definition) is 1. The predicted molar refractivity (Wildman–Crippen MR) is 73.5 cm³/mol. The van der Waals surface area contributed by atoms with E-state index >= 15 is 0 Å². The Bertz CT molecular complexity index is 434. The van der Waals surface area contributed by atoms with E-state index in [4.69, 9.17) is 9.84 Å².